The van der Waals surface area contributed by atoms with Gasteiger partial charge in [0.1, 0.15) is 11.6 Å². The van der Waals surface area contributed by atoms with Gasteiger partial charge in [0.05, 0.1) is 11.7 Å². The lowest BCUT2D eigenvalue weighted by atomic mass is 10.1. The van der Waals surface area contributed by atoms with Crippen LogP contribution >= 0.6 is 11.6 Å². The number of rotatable bonds is 8. The van der Waals surface area contributed by atoms with Gasteiger partial charge in [-0.3, -0.25) is 14.5 Å². The van der Waals surface area contributed by atoms with E-state index in [2.05, 4.69) is 40.9 Å². The number of likely N-dealkylation sites (N-methyl/N-ethyl adjacent to an activating group) is 1. The third-order valence-corrected chi connectivity index (χ3v) is 6.99. The van der Waals surface area contributed by atoms with Gasteiger partial charge in [0, 0.05) is 49.7 Å². The largest absolute Gasteiger partial charge is 0.480 e. The van der Waals surface area contributed by atoms with E-state index < -0.39 is 0 Å². The molecule has 0 aliphatic carbocycles. The summed E-state index contributed by atoms with van der Waals surface area (Å²) in [6.07, 6.45) is 1.98. The lowest BCUT2D eigenvalue weighted by Gasteiger charge is -2.44. The summed E-state index contributed by atoms with van der Waals surface area (Å²) in [6, 6.07) is 8.06. The quantitative estimate of drug-likeness (QED) is 0.484. The van der Waals surface area contributed by atoms with Gasteiger partial charge >= 0.3 is 0 Å². The maximum absolute atomic E-state index is 12.6. The first-order valence-corrected chi connectivity index (χ1v) is 12.7. The van der Waals surface area contributed by atoms with Crippen molar-refractivity contribution in [1.29, 1.82) is 0 Å². The first kappa shape index (κ1) is 25.9. The predicted octanol–water partition coefficient (Wildman–Crippen LogP) is 4.00. The number of carbonyl (C=O) groups excluding carboxylic acids is 1. The third-order valence-electron chi connectivity index (χ3n) is 6.72. The Hall–Kier alpha value is -3.17. The number of aryl methyl sites for hydroxylation is 1. The van der Waals surface area contributed by atoms with Crippen molar-refractivity contribution in [3.63, 3.8) is 0 Å². The molecule has 192 valence electrons. The van der Waals surface area contributed by atoms with Crippen LogP contribution < -0.4 is 20.5 Å². The molecule has 1 fully saturated rings. The van der Waals surface area contributed by atoms with Crippen molar-refractivity contribution >= 4 is 45.7 Å². The van der Waals surface area contributed by atoms with Crippen LogP contribution in [0.1, 0.15) is 34.1 Å². The third kappa shape index (κ3) is 5.32. The topological polar surface area (TPSA) is 92.6 Å². The second-order valence-electron chi connectivity index (χ2n) is 9.25. The lowest BCUT2D eigenvalue weighted by Crippen LogP contribution is -2.57. The molecule has 2 atom stereocenters. The predicted molar refractivity (Wildman–Crippen MR) is 144 cm³/mol. The Morgan fingerprint density at radius 1 is 1.19 bits per heavy atom. The Kier molecular flexibility index (Phi) is 7.80. The van der Waals surface area contributed by atoms with Crippen molar-refractivity contribution in [2.24, 2.45) is 7.05 Å². The van der Waals surface area contributed by atoms with E-state index in [1.165, 1.54) is 4.57 Å². The number of Topliss-reactive ketones (excluding diaryl/α,β-unsaturated/α-hetero) is 1. The Bertz CT molecular complexity index is 1320. The van der Waals surface area contributed by atoms with Gasteiger partial charge in [-0.25, -0.2) is 4.98 Å². The van der Waals surface area contributed by atoms with E-state index in [1.54, 1.807) is 26.2 Å². The average Bonchev–Trinajstić information content (AvgIpc) is 2.86. The van der Waals surface area contributed by atoms with E-state index in [-0.39, 0.29) is 23.7 Å². The van der Waals surface area contributed by atoms with Crippen LogP contribution in [-0.4, -0.2) is 63.5 Å². The van der Waals surface area contributed by atoms with Gasteiger partial charge in [0.25, 0.3) is 5.56 Å². The zero-order valence-corrected chi connectivity index (χ0v) is 22.2. The lowest BCUT2D eigenvalue weighted by molar-refractivity contribution is -0.120. The number of halogens is 1. The number of ketones is 1. The number of pyridine rings is 1. The van der Waals surface area contributed by atoms with Gasteiger partial charge < -0.3 is 19.5 Å². The number of nitrogens with zero attached hydrogens (tertiary/aromatic N) is 5. The molecular weight excluding hydrogens is 480 g/mol. The van der Waals surface area contributed by atoms with Crippen LogP contribution in [0.3, 0.4) is 0 Å². The Balaban J connectivity index is 1.60. The fourth-order valence-corrected chi connectivity index (χ4v) is 4.91. The SMILES string of the molecule is CCC(=O)COc1cc2cc(Nc3nc(N4C[C@@H](C)N(CC)[C@@H](C)C4)ncc3Cl)ccc2n(C)c1=O. The molecule has 10 heteroatoms. The van der Waals surface area contributed by atoms with Crippen molar-refractivity contribution < 1.29 is 9.53 Å². The summed E-state index contributed by atoms with van der Waals surface area (Å²) in [4.78, 5) is 38.2. The molecule has 4 rings (SSSR count). The first-order valence-electron chi connectivity index (χ1n) is 12.3. The molecular formula is C26H33ClN6O3. The minimum Gasteiger partial charge on any atom is -0.480 e. The molecule has 1 saturated heterocycles. The van der Waals surface area contributed by atoms with Gasteiger partial charge in [-0.2, -0.15) is 4.98 Å². The van der Waals surface area contributed by atoms with Crippen LogP contribution in [0.2, 0.25) is 5.02 Å². The van der Waals surface area contributed by atoms with E-state index in [0.29, 0.717) is 35.3 Å². The fourth-order valence-electron chi connectivity index (χ4n) is 4.77. The minimum absolute atomic E-state index is 0.0679. The summed E-state index contributed by atoms with van der Waals surface area (Å²) in [5.41, 5.74) is 1.20. The van der Waals surface area contributed by atoms with E-state index >= 15 is 0 Å². The molecule has 1 aliphatic rings. The van der Waals surface area contributed by atoms with Gasteiger partial charge in [-0.1, -0.05) is 25.4 Å². The van der Waals surface area contributed by atoms with E-state index in [0.717, 1.165) is 36.2 Å². The molecule has 2 aromatic heterocycles. The highest BCUT2D eigenvalue weighted by atomic mass is 35.5. The van der Waals surface area contributed by atoms with E-state index in [1.807, 2.05) is 18.2 Å². The van der Waals surface area contributed by atoms with Crippen molar-refractivity contribution in [3.05, 3.63) is 45.8 Å². The molecule has 1 N–H and O–H groups in total. The minimum atomic E-state index is -0.290. The summed E-state index contributed by atoms with van der Waals surface area (Å²) in [7, 11) is 1.68. The maximum atomic E-state index is 12.6. The Morgan fingerprint density at radius 3 is 2.58 bits per heavy atom. The molecule has 0 unspecified atom stereocenters. The number of carbonyl (C=O) groups is 1. The molecule has 0 saturated carbocycles. The van der Waals surface area contributed by atoms with Gasteiger partial charge in [0.15, 0.2) is 17.4 Å². The summed E-state index contributed by atoms with van der Waals surface area (Å²) >= 11 is 6.45. The van der Waals surface area contributed by atoms with Crippen molar-refractivity contribution in [2.45, 2.75) is 46.2 Å². The number of hydrogen-bond donors (Lipinski definition) is 1. The summed E-state index contributed by atoms with van der Waals surface area (Å²) in [5, 5.41) is 4.49. The molecule has 0 bridgehead atoms. The second-order valence-corrected chi connectivity index (χ2v) is 9.66. The van der Waals surface area contributed by atoms with Gasteiger partial charge in [-0.15, -0.1) is 0 Å². The average molecular weight is 513 g/mol. The number of benzene rings is 1. The van der Waals surface area contributed by atoms with Crippen LogP contribution in [0.25, 0.3) is 10.9 Å². The summed E-state index contributed by atoms with van der Waals surface area (Å²) < 4.78 is 7.03. The van der Waals surface area contributed by atoms with Crippen LogP contribution in [0.5, 0.6) is 5.75 Å². The Labute approximate surface area is 216 Å². The zero-order valence-electron chi connectivity index (χ0n) is 21.4. The number of hydrogen-bond acceptors (Lipinski definition) is 8. The maximum Gasteiger partial charge on any atom is 0.293 e. The van der Waals surface area contributed by atoms with Crippen LogP contribution in [0, 0.1) is 0 Å². The standard InChI is InChI=1S/C26H33ClN6O3/c1-6-20(34)15-36-23-11-18-10-19(8-9-22(18)31(5)25(23)35)29-24-21(27)12-28-26(30-24)32-13-16(3)33(7-2)17(4)14-32/h8-12,16-17H,6-7,13-15H2,1-5H3,(H,28,29,30)/t16-,17+. The number of piperazine rings is 1. The zero-order chi connectivity index (χ0) is 26.0. The molecule has 0 amide bonds. The van der Waals surface area contributed by atoms with Crippen LogP contribution in [0.4, 0.5) is 17.5 Å². The highest BCUT2D eigenvalue weighted by Gasteiger charge is 2.29. The van der Waals surface area contributed by atoms with Gasteiger partial charge in [-0.05, 0) is 44.7 Å². The Morgan fingerprint density at radius 2 is 1.92 bits per heavy atom. The molecule has 0 spiro atoms. The normalized spacial score (nSPS) is 18.4. The smallest absolute Gasteiger partial charge is 0.293 e. The molecule has 3 aromatic rings. The number of nitrogens with one attached hydrogen (secondary N) is 1. The van der Waals surface area contributed by atoms with Crippen LogP contribution in [-0.2, 0) is 11.8 Å². The molecule has 1 aliphatic heterocycles. The van der Waals surface area contributed by atoms with Gasteiger partial charge in [0.2, 0.25) is 5.95 Å². The molecule has 9 nitrogen and oxygen atoms in total. The number of fused-ring (bicyclic) bond motifs is 1. The molecule has 36 heavy (non-hydrogen) atoms. The monoisotopic (exact) mass is 512 g/mol. The number of aromatic nitrogens is 3. The highest BCUT2D eigenvalue weighted by Crippen LogP contribution is 2.28. The molecule has 0 radical (unpaired) electrons. The first-order chi connectivity index (χ1) is 17.2. The second kappa shape index (κ2) is 10.8. The number of ether oxygens (including phenoxy) is 1. The van der Waals surface area contributed by atoms with Crippen molar-refractivity contribution in [1.82, 2.24) is 19.4 Å². The fraction of sp³-hybridized carbons (Fsp3) is 0.462. The molecule has 1 aromatic carbocycles. The highest BCUT2D eigenvalue weighted by molar-refractivity contribution is 6.32. The van der Waals surface area contributed by atoms with Crippen molar-refractivity contribution in [3.8, 4) is 5.75 Å². The molecule has 3 heterocycles. The number of anilines is 3. The van der Waals surface area contributed by atoms with Crippen LogP contribution in [0.15, 0.2) is 35.3 Å². The van der Waals surface area contributed by atoms with Crippen molar-refractivity contribution in [2.75, 3.05) is 36.5 Å². The van der Waals surface area contributed by atoms with E-state index in [9.17, 15) is 9.59 Å². The summed E-state index contributed by atoms with van der Waals surface area (Å²) in [6.45, 7) is 11.0. The summed E-state index contributed by atoms with van der Waals surface area (Å²) in [5.74, 6) is 1.22. The van der Waals surface area contributed by atoms with E-state index in [4.69, 9.17) is 21.3 Å².